The molecular formula is C24H34Br2O3. The van der Waals surface area contributed by atoms with Gasteiger partial charge in [-0.3, -0.25) is 9.59 Å². The van der Waals surface area contributed by atoms with E-state index in [0.717, 1.165) is 50.4 Å². The van der Waals surface area contributed by atoms with E-state index in [0.29, 0.717) is 23.0 Å². The molecule has 0 saturated heterocycles. The van der Waals surface area contributed by atoms with Crippen molar-refractivity contribution in [3.63, 3.8) is 0 Å². The minimum Gasteiger partial charge on any atom is -0.462 e. The molecule has 0 spiro atoms. The molecule has 8 atom stereocenters. The number of fused-ring (bicyclic) bond motifs is 5. The summed E-state index contributed by atoms with van der Waals surface area (Å²) in [4.78, 5) is 25.3. The third-order valence-electron chi connectivity index (χ3n) is 10.3. The van der Waals surface area contributed by atoms with E-state index in [-0.39, 0.29) is 20.7 Å². The Morgan fingerprint density at radius 2 is 1.72 bits per heavy atom. The van der Waals surface area contributed by atoms with Gasteiger partial charge in [0.2, 0.25) is 0 Å². The van der Waals surface area contributed by atoms with Crippen LogP contribution in [0.15, 0.2) is 0 Å². The van der Waals surface area contributed by atoms with Crippen molar-refractivity contribution in [1.29, 1.82) is 0 Å². The van der Waals surface area contributed by atoms with Gasteiger partial charge >= 0.3 is 5.97 Å². The minimum atomic E-state index is -0.436. The first-order valence-corrected chi connectivity index (χ1v) is 13.2. The molecule has 5 fully saturated rings. The predicted molar refractivity (Wildman–Crippen MR) is 120 cm³/mol. The molecule has 5 heteroatoms. The van der Waals surface area contributed by atoms with Crippen LogP contribution in [0.4, 0.5) is 0 Å². The Bertz CT molecular complexity index is 750. The van der Waals surface area contributed by atoms with Gasteiger partial charge in [0.05, 0.1) is 8.65 Å². The van der Waals surface area contributed by atoms with Gasteiger partial charge in [0.15, 0.2) is 0 Å². The molecule has 3 nitrogen and oxygen atoms in total. The Hall–Kier alpha value is 0.1000. The van der Waals surface area contributed by atoms with E-state index in [1.165, 1.54) is 25.7 Å². The van der Waals surface area contributed by atoms with Crippen molar-refractivity contribution in [1.82, 2.24) is 0 Å². The van der Waals surface area contributed by atoms with Crippen LogP contribution in [-0.2, 0) is 14.3 Å². The third-order valence-corrected chi connectivity index (χ3v) is 12.6. The summed E-state index contributed by atoms with van der Waals surface area (Å²) in [6.45, 7) is 6.77. The second-order valence-corrected chi connectivity index (χ2v) is 15.4. The van der Waals surface area contributed by atoms with Crippen molar-refractivity contribution in [2.75, 3.05) is 0 Å². The van der Waals surface area contributed by atoms with Crippen LogP contribution >= 0.6 is 31.9 Å². The number of ether oxygens (including phenoxy) is 1. The first-order chi connectivity index (χ1) is 13.5. The molecule has 5 saturated carbocycles. The number of ketones is 1. The smallest absolute Gasteiger partial charge is 0.314 e. The number of hydrogen-bond acceptors (Lipinski definition) is 3. The quantitative estimate of drug-likeness (QED) is 0.306. The van der Waals surface area contributed by atoms with Gasteiger partial charge in [-0.25, -0.2) is 0 Å². The fourth-order valence-corrected chi connectivity index (χ4v) is 9.44. The van der Waals surface area contributed by atoms with Gasteiger partial charge in [0, 0.05) is 11.8 Å². The summed E-state index contributed by atoms with van der Waals surface area (Å²) >= 11 is 7.20. The van der Waals surface area contributed by atoms with Crippen LogP contribution in [0.1, 0.15) is 85.0 Å². The number of Topliss-reactive ketones (excluding diaryl/α,β-unsaturated/α-hetero) is 1. The highest BCUT2D eigenvalue weighted by Gasteiger charge is 2.68. The number of rotatable bonds is 2. The van der Waals surface area contributed by atoms with Gasteiger partial charge in [-0.15, -0.1) is 0 Å². The van der Waals surface area contributed by atoms with E-state index < -0.39 is 5.41 Å². The molecule has 162 valence electrons. The van der Waals surface area contributed by atoms with Gasteiger partial charge in [-0.1, -0.05) is 45.7 Å². The van der Waals surface area contributed by atoms with E-state index >= 15 is 0 Å². The predicted octanol–water partition coefficient (Wildman–Crippen LogP) is 6.41. The Morgan fingerprint density at radius 1 is 1.00 bits per heavy atom. The number of halogens is 2. The summed E-state index contributed by atoms with van der Waals surface area (Å²) < 4.78 is 5.76. The number of esters is 1. The number of carbonyl (C=O) groups is 2. The summed E-state index contributed by atoms with van der Waals surface area (Å²) in [5, 5.41) is 0. The topological polar surface area (TPSA) is 43.4 Å². The highest BCUT2D eigenvalue weighted by molar-refractivity contribution is 9.25. The zero-order chi connectivity index (χ0) is 20.8. The standard InChI is InChI=1S/C24H34Br2O3/c1-21-10-8-15(29-20(28)23(3)13-24(23,25)26)12-14(21)4-5-16-17-6-7-19(27)22(17,2)11-9-18(16)21/h14-18H,4-13H2,1-3H3/t14-,15+,16-,17-,18-,21-,22-,23+/m0/s1. The lowest BCUT2D eigenvalue weighted by molar-refractivity contribution is -0.167. The van der Waals surface area contributed by atoms with Crippen LogP contribution in [0.25, 0.3) is 0 Å². The summed E-state index contributed by atoms with van der Waals surface area (Å²) in [6, 6.07) is 0. The zero-order valence-corrected chi connectivity index (χ0v) is 21.1. The van der Waals surface area contributed by atoms with Crippen LogP contribution in [-0.4, -0.2) is 21.1 Å². The SMILES string of the molecule is C[C@]12CC[C@@H](OC(=O)[C@@]3(C)CC3(Br)Br)C[C@@H]1CC[C@@H]1[C@@H]2CC[C@]2(C)C(=O)CC[C@@H]12. The van der Waals surface area contributed by atoms with Crippen LogP contribution < -0.4 is 0 Å². The molecule has 0 aromatic rings. The molecule has 5 aliphatic rings. The van der Waals surface area contributed by atoms with Crippen LogP contribution in [0, 0.1) is 39.9 Å². The van der Waals surface area contributed by atoms with E-state index in [4.69, 9.17) is 4.74 Å². The highest BCUT2D eigenvalue weighted by Crippen LogP contribution is 2.68. The lowest BCUT2D eigenvalue weighted by atomic mass is 9.45. The molecule has 0 N–H and O–H groups in total. The van der Waals surface area contributed by atoms with Crippen molar-refractivity contribution in [3.05, 3.63) is 0 Å². The molecule has 0 amide bonds. The molecule has 0 unspecified atom stereocenters. The molecule has 5 aliphatic carbocycles. The van der Waals surface area contributed by atoms with Gasteiger partial charge in [0.25, 0.3) is 0 Å². The van der Waals surface area contributed by atoms with Crippen molar-refractivity contribution >= 4 is 43.6 Å². The second-order valence-electron chi connectivity index (χ2n) is 11.6. The first-order valence-electron chi connectivity index (χ1n) is 11.6. The maximum Gasteiger partial charge on any atom is 0.314 e. The molecule has 29 heavy (non-hydrogen) atoms. The van der Waals surface area contributed by atoms with Crippen LogP contribution in [0.2, 0.25) is 0 Å². The maximum atomic E-state index is 12.8. The van der Waals surface area contributed by atoms with Crippen LogP contribution in [0.3, 0.4) is 0 Å². The molecular weight excluding hydrogens is 496 g/mol. The van der Waals surface area contributed by atoms with Crippen molar-refractivity contribution in [3.8, 4) is 0 Å². The second kappa shape index (κ2) is 6.56. The molecule has 0 heterocycles. The lowest BCUT2D eigenvalue weighted by Gasteiger charge is -2.60. The van der Waals surface area contributed by atoms with E-state index in [2.05, 4.69) is 45.7 Å². The number of carbonyl (C=O) groups excluding carboxylic acids is 2. The average molecular weight is 530 g/mol. The Kier molecular flexibility index (Phi) is 4.74. The molecule has 0 bridgehead atoms. The molecule has 0 radical (unpaired) electrons. The van der Waals surface area contributed by atoms with E-state index in [1.54, 1.807) is 0 Å². The molecule has 0 aliphatic heterocycles. The summed E-state index contributed by atoms with van der Waals surface area (Å²) in [5.74, 6) is 3.23. The Balaban J connectivity index is 1.28. The van der Waals surface area contributed by atoms with Gasteiger partial charge in [-0.2, -0.15) is 0 Å². The average Bonchev–Trinajstić information content (AvgIpc) is 3.03. The molecule has 5 rings (SSSR count). The van der Waals surface area contributed by atoms with Crippen molar-refractivity contribution in [2.24, 2.45) is 39.9 Å². The Morgan fingerprint density at radius 3 is 2.41 bits per heavy atom. The molecule has 0 aromatic heterocycles. The number of alkyl halides is 2. The maximum absolute atomic E-state index is 12.8. The lowest BCUT2D eigenvalue weighted by Crippen LogP contribution is -2.54. The number of hydrogen-bond donors (Lipinski definition) is 0. The van der Waals surface area contributed by atoms with Crippen LogP contribution in [0.5, 0.6) is 0 Å². The molecule has 0 aromatic carbocycles. The van der Waals surface area contributed by atoms with Gasteiger partial charge in [0.1, 0.15) is 11.9 Å². The summed E-state index contributed by atoms with van der Waals surface area (Å²) in [6.07, 6.45) is 10.8. The largest absolute Gasteiger partial charge is 0.462 e. The van der Waals surface area contributed by atoms with Crippen molar-refractivity contribution < 1.29 is 14.3 Å². The highest BCUT2D eigenvalue weighted by atomic mass is 79.9. The normalized spacial score (nSPS) is 52.9. The fraction of sp³-hybridized carbons (Fsp3) is 0.917. The minimum absolute atomic E-state index is 0.0331. The zero-order valence-electron chi connectivity index (χ0n) is 17.9. The fourth-order valence-electron chi connectivity index (χ4n) is 8.00. The van der Waals surface area contributed by atoms with Crippen molar-refractivity contribution in [2.45, 2.75) is 94.3 Å². The van der Waals surface area contributed by atoms with E-state index in [9.17, 15) is 9.59 Å². The summed E-state index contributed by atoms with van der Waals surface area (Å²) in [7, 11) is 0. The Labute approximate surface area is 191 Å². The van der Waals surface area contributed by atoms with Gasteiger partial charge in [-0.05, 0) is 93.8 Å². The summed E-state index contributed by atoms with van der Waals surface area (Å²) in [5.41, 5.74) is -0.111. The van der Waals surface area contributed by atoms with E-state index in [1.807, 2.05) is 6.92 Å². The monoisotopic (exact) mass is 528 g/mol. The first kappa shape index (κ1) is 21.0. The third kappa shape index (κ3) is 2.91. The van der Waals surface area contributed by atoms with Gasteiger partial charge < -0.3 is 4.74 Å².